The summed E-state index contributed by atoms with van der Waals surface area (Å²) in [7, 11) is 1.67. The van der Waals surface area contributed by atoms with Crippen molar-refractivity contribution in [3.63, 3.8) is 0 Å². The Morgan fingerprint density at radius 2 is 2.11 bits per heavy atom. The molecule has 1 aromatic carbocycles. The smallest absolute Gasteiger partial charge is 0.273 e. The number of carbonyl (C=O) groups is 1. The van der Waals surface area contributed by atoms with E-state index in [1.54, 1.807) is 12.6 Å². The van der Waals surface area contributed by atoms with Crippen LogP contribution in [0.4, 0.5) is 0 Å². The second kappa shape index (κ2) is 7.52. The van der Waals surface area contributed by atoms with Crippen LogP contribution in [-0.2, 0) is 6.54 Å². The quantitative estimate of drug-likeness (QED) is 0.675. The zero-order chi connectivity index (χ0) is 18.8. The largest absolute Gasteiger partial charge is 0.497 e. The first-order valence-corrected chi connectivity index (χ1v) is 9.95. The van der Waals surface area contributed by atoms with Crippen LogP contribution >= 0.6 is 11.3 Å². The van der Waals surface area contributed by atoms with E-state index in [2.05, 4.69) is 33.6 Å². The van der Waals surface area contributed by atoms with Gasteiger partial charge in [-0.3, -0.25) is 4.79 Å². The summed E-state index contributed by atoms with van der Waals surface area (Å²) in [6.45, 7) is 3.53. The molecule has 1 saturated heterocycles. The predicted molar refractivity (Wildman–Crippen MR) is 104 cm³/mol. The lowest BCUT2D eigenvalue weighted by atomic mass is 10.1. The van der Waals surface area contributed by atoms with Crippen molar-refractivity contribution in [2.45, 2.75) is 32.4 Å². The van der Waals surface area contributed by atoms with Gasteiger partial charge in [-0.15, -0.1) is 11.3 Å². The first-order valence-electron chi connectivity index (χ1n) is 9.01. The Bertz CT molecular complexity index is 918. The normalized spacial score (nSPS) is 16.7. The molecule has 7 heteroatoms. The second-order valence-corrected chi connectivity index (χ2v) is 7.44. The molecule has 0 spiro atoms. The molecule has 1 unspecified atom stereocenters. The van der Waals surface area contributed by atoms with E-state index in [1.807, 2.05) is 28.6 Å². The monoisotopic (exact) mass is 382 g/mol. The molecule has 140 valence electrons. The maximum absolute atomic E-state index is 12.9. The third-order valence-corrected chi connectivity index (χ3v) is 5.64. The molecule has 0 N–H and O–H groups in total. The standard InChI is InChI=1S/C20H22N4O2S/c1-14-10-21-19(24(14)11-15-5-7-16(26-2)8-6-15)18-4-3-9-23(18)20(25)17-12-27-13-22-17/h5-8,10,12-13,18H,3-4,9,11H2,1-2H3. The highest BCUT2D eigenvalue weighted by Crippen LogP contribution is 2.33. The summed E-state index contributed by atoms with van der Waals surface area (Å²) in [6, 6.07) is 8.05. The summed E-state index contributed by atoms with van der Waals surface area (Å²) in [4.78, 5) is 23.6. The summed E-state index contributed by atoms with van der Waals surface area (Å²) in [5, 5.41) is 1.81. The van der Waals surface area contributed by atoms with Gasteiger partial charge in [-0.05, 0) is 37.5 Å². The van der Waals surface area contributed by atoms with Crippen molar-refractivity contribution >= 4 is 17.2 Å². The van der Waals surface area contributed by atoms with Crippen molar-refractivity contribution in [3.05, 3.63) is 64.1 Å². The highest BCUT2D eigenvalue weighted by Gasteiger charge is 2.34. The minimum Gasteiger partial charge on any atom is -0.497 e. The zero-order valence-corrected chi connectivity index (χ0v) is 16.3. The molecule has 2 aromatic heterocycles. The number of nitrogens with zero attached hydrogens (tertiary/aromatic N) is 4. The number of methoxy groups -OCH3 is 1. The predicted octanol–water partition coefficient (Wildman–Crippen LogP) is 3.68. The van der Waals surface area contributed by atoms with Gasteiger partial charge >= 0.3 is 0 Å². The molecule has 1 fully saturated rings. The van der Waals surface area contributed by atoms with Crippen molar-refractivity contribution in [3.8, 4) is 5.75 Å². The summed E-state index contributed by atoms with van der Waals surface area (Å²) in [5.74, 6) is 1.79. The molecule has 3 heterocycles. The van der Waals surface area contributed by atoms with E-state index in [4.69, 9.17) is 4.74 Å². The molecular weight excluding hydrogens is 360 g/mol. The van der Waals surface area contributed by atoms with Gasteiger partial charge in [-0.1, -0.05) is 12.1 Å². The first-order chi connectivity index (χ1) is 13.2. The number of imidazole rings is 1. The molecule has 4 rings (SSSR count). The molecule has 27 heavy (non-hydrogen) atoms. The minimum atomic E-state index is -0.00820. The van der Waals surface area contributed by atoms with Crippen molar-refractivity contribution in [2.24, 2.45) is 0 Å². The van der Waals surface area contributed by atoms with Crippen LogP contribution in [0.1, 0.15) is 46.5 Å². The Hall–Kier alpha value is -2.67. The van der Waals surface area contributed by atoms with Crippen molar-refractivity contribution in [1.29, 1.82) is 0 Å². The molecule has 0 radical (unpaired) electrons. The van der Waals surface area contributed by atoms with Gasteiger partial charge in [0.25, 0.3) is 5.91 Å². The molecule has 1 aliphatic rings. The summed E-state index contributed by atoms with van der Waals surface area (Å²) < 4.78 is 7.45. The average Bonchev–Trinajstić information content (AvgIpc) is 3.44. The number of aryl methyl sites for hydroxylation is 1. The number of rotatable bonds is 5. The van der Waals surface area contributed by atoms with Crippen LogP contribution in [0.15, 0.2) is 41.4 Å². The van der Waals surface area contributed by atoms with Crippen LogP contribution in [0.5, 0.6) is 5.75 Å². The fourth-order valence-corrected chi connectivity index (χ4v) is 4.13. The van der Waals surface area contributed by atoms with E-state index in [0.29, 0.717) is 5.69 Å². The molecular formula is C20H22N4O2S. The minimum absolute atomic E-state index is 0.00426. The fraction of sp³-hybridized carbons (Fsp3) is 0.350. The molecule has 1 aliphatic heterocycles. The molecule has 1 amide bonds. The highest BCUT2D eigenvalue weighted by molar-refractivity contribution is 7.07. The zero-order valence-electron chi connectivity index (χ0n) is 15.5. The number of aromatic nitrogens is 3. The molecule has 0 bridgehead atoms. The lowest BCUT2D eigenvalue weighted by Gasteiger charge is -2.25. The fourth-order valence-electron chi connectivity index (χ4n) is 3.61. The van der Waals surface area contributed by atoms with Crippen LogP contribution in [-0.4, -0.2) is 39.0 Å². The third kappa shape index (κ3) is 3.47. The van der Waals surface area contributed by atoms with Crippen molar-refractivity contribution in [2.75, 3.05) is 13.7 Å². The Kier molecular flexibility index (Phi) is 4.94. The van der Waals surface area contributed by atoms with E-state index in [9.17, 15) is 4.79 Å². The van der Waals surface area contributed by atoms with Gasteiger partial charge in [-0.25, -0.2) is 9.97 Å². The summed E-state index contributed by atoms with van der Waals surface area (Å²) in [6.07, 6.45) is 3.80. The van der Waals surface area contributed by atoms with E-state index < -0.39 is 0 Å². The molecule has 0 aliphatic carbocycles. The molecule has 1 atom stereocenters. The molecule has 6 nitrogen and oxygen atoms in total. The Labute approximate surface area is 162 Å². The van der Waals surface area contributed by atoms with E-state index in [1.165, 1.54) is 16.9 Å². The van der Waals surface area contributed by atoms with Crippen LogP contribution in [0.25, 0.3) is 0 Å². The second-order valence-electron chi connectivity index (χ2n) is 6.72. The van der Waals surface area contributed by atoms with Gasteiger partial charge in [-0.2, -0.15) is 0 Å². The maximum Gasteiger partial charge on any atom is 0.273 e. The van der Waals surface area contributed by atoms with E-state index in [0.717, 1.165) is 43.2 Å². The summed E-state index contributed by atoms with van der Waals surface area (Å²) in [5.41, 5.74) is 4.49. The lowest BCUT2D eigenvalue weighted by Crippen LogP contribution is -2.32. The summed E-state index contributed by atoms with van der Waals surface area (Å²) >= 11 is 1.45. The van der Waals surface area contributed by atoms with Crippen LogP contribution in [0.2, 0.25) is 0 Å². The SMILES string of the molecule is COc1ccc(Cn2c(C)cnc2C2CCCN2C(=O)c2cscn2)cc1. The highest BCUT2D eigenvalue weighted by atomic mass is 32.1. The van der Waals surface area contributed by atoms with E-state index in [-0.39, 0.29) is 11.9 Å². The van der Waals surface area contributed by atoms with Crippen LogP contribution < -0.4 is 4.74 Å². The first kappa shape index (κ1) is 17.7. The number of likely N-dealkylation sites (tertiary alicyclic amines) is 1. The number of ether oxygens (including phenoxy) is 1. The van der Waals surface area contributed by atoms with Gasteiger partial charge in [0.05, 0.1) is 18.7 Å². The third-order valence-electron chi connectivity index (χ3n) is 5.05. The van der Waals surface area contributed by atoms with Gasteiger partial charge < -0.3 is 14.2 Å². The molecule has 3 aromatic rings. The number of hydrogen-bond acceptors (Lipinski definition) is 5. The Morgan fingerprint density at radius 1 is 1.30 bits per heavy atom. The van der Waals surface area contributed by atoms with Gasteiger partial charge in [0.15, 0.2) is 0 Å². The van der Waals surface area contributed by atoms with Crippen molar-refractivity contribution in [1.82, 2.24) is 19.4 Å². The van der Waals surface area contributed by atoms with Crippen molar-refractivity contribution < 1.29 is 9.53 Å². The average molecular weight is 382 g/mol. The topological polar surface area (TPSA) is 60.2 Å². The Morgan fingerprint density at radius 3 is 2.81 bits per heavy atom. The number of hydrogen-bond donors (Lipinski definition) is 0. The van der Waals surface area contributed by atoms with Crippen LogP contribution in [0, 0.1) is 6.92 Å². The molecule has 0 saturated carbocycles. The van der Waals surface area contributed by atoms with Gasteiger partial charge in [0, 0.05) is 30.4 Å². The van der Waals surface area contributed by atoms with Crippen LogP contribution in [0.3, 0.4) is 0 Å². The number of thiazole rings is 1. The lowest BCUT2D eigenvalue weighted by molar-refractivity contribution is 0.0722. The van der Waals surface area contributed by atoms with Gasteiger partial charge in [0.1, 0.15) is 17.3 Å². The van der Waals surface area contributed by atoms with E-state index >= 15 is 0 Å². The number of carbonyl (C=O) groups excluding carboxylic acids is 1. The Balaban J connectivity index is 1.61. The maximum atomic E-state index is 12.9. The number of benzene rings is 1. The number of amides is 1. The van der Waals surface area contributed by atoms with Gasteiger partial charge in [0.2, 0.25) is 0 Å².